The summed E-state index contributed by atoms with van der Waals surface area (Å²) in [6, 6.07) is 6.22. The van der Waals surface area contributed by atoms with Crippen molar-refractivity contribution in [2.75, 3.05) is 30.1 Å². The van der Waals surface area contributed by atoms with Gasteiger partial charge in [-0.2, -0.15) is 0 Å². The molecule has 0 fully saturated rings. The molecule has 0 aliphatic rings. The first kappa shape index (κ1) is 17.6. The number of nitrogens with one attached hydrogen (secondary N) is 1. The van der Waals surface area contributed by atoms with E-state index in [1.807, 2.05) is 0 Å². The maximum Gasteiger partial charge on any atom is 0.343 e. The molecule has 1 rings (SSSR count). The zero-order chi connectivity index (χ0) is 15.9. The summed E-state index contributed by atoms with van der Waals surface area (Å²) in [7, 11) is -2.17. The van der Waals surface area contributed by atoms with Crippen LogP contribution < -0.4 is 9.46 Å². The number of ether oxygens (including phenoxy) is 2. The van der Waals surface area contributed by atoms with Gasteiger partial charge in [0, 0.05) is 11.6 Å². The number of carbonyl (C=O) groups excluding carboxylic acids is 1. The Morgan fingerprint density at radius 2 is 1.95 bits per heavy atom. The van der Waals surface area contributed by atoms with E-state index >= 15 is 0 Å². The summed E-state index contributed by atoms with van der Waals surface area (Å²) in [5.41, 5.74) is 0.419. The number of halogens is 1. The summed E-state index contributed by atoms with van der Waals surface area (Å²) >= 11 is 5.61. The molecule has 1 unspecified atom stereocenters. The smallest absolute Gasteiger partial charge is 0.343 e. The Bertz CT molecular complexity index is 558. The van der Waals surface area contributed by atoms with E-state index in [2.05, 4.69) is 9.46 Å². The predicted molar refractivity (Wildman–Crippen MR) is 81.2 cm³/mol. The minimum Gasteiger partial charge on any atom is -0.482 e. The van der Waals surface area contributed by atoms with E-state index in [0.717, 1.165) is 0 Å². The van der Waals surface area contributed by atoms with Crippen LogP contribution in [0.25, 0.3) is 0 Å². The number of esters is 1. The fourth-order valence-electron chi connectivity index (χ4n) is 1.46. The van der Waals surface area contributed by atoms with Crippen LogP contribution in [-0.4, -0.2) is 39.7 Å². The summed E-state index contributed by atoms with van der Waals surface area (Å²) in [6.45, 7) is 1.56. The van der Waals surface area contributed by atoms with E-state index in [4.69, 9.17) is 16.3 Å². The highest BCUT2D eigenvalue weighted by molar-refractivity contribution is 7.92. The molecule has 0 heterocycles. The first-order valence-corrected chi connectivity index (χ1v) is 8.41. The van der Waals surface area contributed by atoms with E-state index in [9.17, 15) is 13.2 Å². The highest BCUT2D eigenvalue weighted by Gasteiger charge is 2.15. The lowest BCUT2D eigenvalue weighted by atomic mass is 10.3. The molecule has 0 spiro atoms. The number of rotatable bonds is 8. The quantitative estimate of drug-likeness (QED) is 0.579. The van der Waals surface area contributed by atoms with Gasteiger partial charge in [-0.1, -0.05) is 6.92 Å². The predicted octanol–water partition coefficient (Wildman–Crippen LogP) is 1.85. The van der Waals surface area contributed by atoms with Gasteiger partial charge in [-0.15, -0.1) is 11.6 Å². The first-order chi connectivity index (χ1) is 9.86. The van der Waals surface area contributed by atoms with Gasteiger partial charge in [-0.25, -0.2) is 13.2 Å². The normalized spacial score (nSPS) is 12.5. The lowest BCUT2D eigenvalue weighted by Crippen LogP contribution is -2.22. The van der Waals surface area contributed by atoms with Crippen molar-refractivity contribution in [3.05, 3.63) is 24.3 Å². The Kier molecular flexibility index (Phi) is 6.77. The summed E-state index contributed by atoms with van der Waals surface area (Å²) in [5, 5.41) is 0. The molecule has 21 heavy (non-hydrogen) atoms. The second-order valence-corrected chi connectivity index (χ2v) is 6.61. The van der Waals surface area contributed by atoms with E-state index in [1.54, 1.807) is 31.2 Å². The van der Waals surface area contributed by atoms with Crippen molar-refractivity contribution >= 4 is 33.3 Å². The minimum absolute atomic E-state index is 0.0446. The molecule has 1 N–H and O–H groups in total. The molecule has 1 atom stereocenters. The Morgan fingerprint density at radius 1 is 1.33 bits per heavy atom. The summed E-state index contributed by atoms with van der Waals surface area (Å²) < 4.78 is 35.7. The van der Waals surface area contributed by atoms with Crippen molar-refractivity contribution < 1.29 is 22.7 Å². The van der Waals surface area contributed by atoms with Gasteiger partial charge in [0.15, 0.2) is 6.61 Å². The third-order valence-electron chi connectivity index (χ3n) is 2.48. The van der Waals surface area contributed by atoms with Crippen LogP contribution in [0.2, 0.25) is 0 Å². The van der Waals surface area contributed by atoms with Gasteiger partial charge in [0.2, 0.25) is 10.0 Å². The van der Waals surface area contributed by atoms with E-state index < -0.39 is 16.0 Å². The maximum atomic E-state index is 11.8. The number of carbonyl (C=O) groups is 1. The van der Waals surface area contributed by atoms with Crippen LogP contribution in [0.5, 0.6) is 5.75 Å². The number of sulfonamides is 1. The summed E-state index contributed by atoms with van der Waals surface area (Å²) in [4.78, 5) is 10.9. The molecule has 0 bridgehead atoms. The van der Waals surface area contributed by atoms with Gasteiger partial charge in [0.25, 0.3) is 0 Å². The van der Waals surface area contributed by atoms with E-state index in [-0.39, 0.29) is 24.2 Å². The van der Waals surface area contributed by atoms with Gasteiger partial charge in [-0.3, -0.25) is 4.72 Å². The average molecular weight is 336 g/mol. The molecule has 1 aromatic carbocycles. The Labute approximate surface area is 129 Å². The number of methoxy groups -OCH3 is 1. The molecule has 0 radical (unpaired) electrons. The number of alkyl halides is 1. The fourth-order valence-corrected chi connectivity index (χ4v) is 3.14. The highest BCUT2D eigenvalue weighted by Crippen LogP contribution is 2.17. The maximum absolute atomic E-state index is 11.8. The molecule has 0 aromatic heterocycles. The zero-order valence-corrected chi connectivity index (χ0v) is 13.4. The van der Waals surface area contributed by atoms with Crippen LogP contribution in [-0.2, 0) is 19.6 Å². The van der Waals surface area contributed by atoms with Crippen molar-refractivity contribution in [3.8, 4) is 5.75 Å². The molecule has 0 aliphatic carbocycles. The third-order valence-corrected chi connectivity index (χ3v) is 4.56. The number of anilines is 1. The van der Waals surface area contributed by atoms with E-state index in [1.165, 1.54) is 7.11 Å². The van der Waals surface area contributed by atoms with E-state index in [0.29, 0.717) is 11.4 Å². The molecule has 0 saturated heterocycles. The monoisotopic (exact) mass is 335 g/mol. The fraction of sp³-hybridized carbons (Fsp3) is 0.462. The van der Waals surface area contributed by atoms with Crippen molar-refractivity contribution in [2.24, 2.45) is 5.92 Å². The third kappa shape index (κ3) is 6.68. The molecule has 118 valence electrons. The SMILES string of the molecule is COC(=O)COc1ccc(NS(=O)(=O)CC(C)CCl)cc1. The van der Waals surface area contributed by atoms with Gasteiger partial charge in [0.1, 0.15) is 5.75 Å². The lowest BCUT2D eigenvalue weighted by Gasteiger charge is -2.11. The number of hydrogen-bond acceptors (Lipinski definition) is 5. The largest absolute Gasteiger partial charge is 0.482 e. The average Bonchev–Trinajstić information content (AvgIpc) is 2.45. The topological polar surface area (TPSA) is 81.7 Å². The van der Waals surface area contributed by atoms with Crippen LogP contribution in [0.1, 0.15) is 6.92 Å². The van der Waals surface area contributed by atoms with Crippen LogP contribution >= 0.6 is 11.6 Å². The summed E-state index contributed by atoms with van der Waals surface area (Å²) in [5.74, 6) is 0.0531. The van der Waals surface area contributed by atoms with Gasteiger partial charge in [-0.05, 0) is 30.2 Å². The zero-order valence-electron chi connectivity index (χ0n) is 11.8. The van der Waals surface area contributed by atoms with Crippen molar-refractivity contribution in [2.45, 2.75) is 6.92 Å². The van der Waals surface area contributed by atoms with Gasteiger partial charge in [0.05, 0.1) is 12.9 Å². The molecule has 1 aromatic rings. The standard InChI is InChI=1S/C13H18ClNO5S/c1-10(7-14)9-21(17,18)15-11-3-5-12(6-4-11)20-8-13(16)19-2/h3-6,10,15H,7-9H2,1-2H3. The lowest BCUT2D eigenvalue weighted by molar-refractivity contribution is -0.142. The number of hydrogen-bond donors (Lipinski definition) is 1. The van der Waals surface area contributed by atoms with Gasteiger partial charge < -0.3 is 9.47 Å². The molecular weight excluding hydrogens is 318 g/mol. The van der Waals surface area contributed by atoms with Crippen molar-refractivity contribution in [1.29, 1.82) is 0 Å². The second kappa shape index (κ2) is 8.09. The van der Waals surface area contributed by atoms with Gasteiger partial charge >= 0.3 is 5.97 Å². The number of benzene rings is 1. The Balaban J connectivity index is 2.60. The molecule has 0 saturated carbocycles. The second-order valence-electron chi connectivity index (χ2n) is 4.53. The molecule has 8 heteroatoms. The molecule has 0 amide bonds. The molecule has 0 aliphatic heterocycles. The summed E-state index contributed by atoms with van der Waals surface area (Å²) in [6.07, 6.45) is 0. The molecule has 6 nitrogen and oxygen atoms in total. The Morgan fingerprint density at radius 3 is 2.48 bits per heavy atom. The van der Waals surface area contributed by atoms with Crippen LogP contribution in [0, 0.1) is 5.92 Å². The van der Waals surface area contributed by atoms with Crippen molar-refractivity contribution in [3.63, 3.8) is 0 Å². The van der Waals surface area contributed by atoms with Crippen molar-refractivity contribution in [1.82, 2.24) is 0 Å². The van der Waals surface area contributed by atoms with Crippen LogP contribution in [0.4, 0.5) is 5.69 Å². The first-order valence-electron chi connectivity index (χ1n) is 6.22. The Hall–Kier alpha value is -1.47. The minimum atomic E-state index is -3.44. The molecular formula is C13H18ClNO5S. The highest BCUT2D eigenvalue weighted by atomic mass is 35.5. The van der Waals surface area contributed by atoms with Crippen LogP contribution in [0.3, 0.4) is 0 Å². The van der Waals surface area contributed by atoms with Crippen LogP contribution in [0.15, 0.2) is 24.3 Å².